The zero-order valence-corrected chi connectivity index (χ0v) is 15.8. The van der Waals surface area contributed by atoms with Crippen molar-refractivity contribution in [2.75, 3.05) is 11.9 Å². The second-order valence-electron chi connectivity index (χ2n) is 6.32. The summed E-state index contributed by atoms with van der Waals surface area (Å²) in [5, 5.41) is 25.8. The number of carbonyl (C=O) groups excluding carboxylic acids is 1. The van der Waals surface area contributed by atoms with Gasteiger partial charge in [0.1, 0.15) is 0 Å². The Morgan fingerprint density at radius 3 is 2.86 bits per heavy atom. The SMILES string of the molecule is O=C(NCCC1=CCCCC1)Nc1ccsc1-c1nc(C(=O)O)c(O)c(=O)[nH]1. The van der Waals surface area contributed by atoms with Crippen molar-refractivity contribution < 1.29 is 19.8 Å². The van der Waals surface area contributed by atoms with Crippen molar-refractivity contribution in [2.45, 2.75) is 32.1 Å². The predicted octanol–water partition coefficient (Wildman–Crippen LogP) is 2.91. The van der Waals surface area contributed by atoms with Crippen LogP contribution in [0.4, 0.5) is 10.5 Å². The van der Waals surface area contributed by atoms with E-state index < -0.39 is 29.0 Å². The number of aromatic carboxylic acids is 1. The number of hydrogen-bond acceptors (Lipinski definition) is 6. The standard InChI is InChI=1S/C18H20N4O5S/c23-13-12(17(25)26)21-15(22-16(13)24)14-11(7-9-28-14)20-18(27)19-8-6-10-4-2-1-3-5-10/h4,7,9,23H,1-3,5-6,8H2,(H,25,26)(H2,19,20,27)(H,21,22,24). The molecule has 2 aromatic heterocycles. The highest BCUT2D eigenvalue weighted by Crippen LogP contribution is 2.31. The number of thiophene rings is 1. The molecule has 0 saturated heterocycles. The third-order valence-electron chi connectivity index (χ3n) is 4.34. The Morgan fingerprint density at radius 1 is 1.32 bits per heavy atom. The van der Waals surface area contributed by atoms with Crippen LogP contribution in [0.3, 0.4) is 0 Å². The van der Waals surface area contributed by atoms with E-state index in [-0.39, 0.29) is 5.82 Å². The van der Waals surface area contributed by atoms with Gasteiger partial charge in [-0.2, -0.15) is 0 Å². The van der Waals surface area contributed by atoms with Gasteiger partial charge in [-0.15, -0.1) is 11.3 Å². The summed E-state index contributed by atoms with van der Waals surface area (Å²) in [5.41, 5.74) is 0.0228. The molecular weight excluding hydrogens is 384 g/mol. The number of hydrogen-bond donors (Lipinski definition) is 5. The van der Waals surface area contributed by atoms with E-state index in [1.807, 2.05) is 0 Å². The van der Waals surface area contributed by atoms with Crippen molar-refractivity contribution >= 4 is 29.0 Å². The monoisotopic (exact) mass is 404 g/mol. The Labute approximate surface area is 164 Å². The lowest BCUT2D eigenvalue weighted by Crippen LogP contribution is -2.29. The van der Waals surface area contributed by atoms with E-state index in [0.717, 1.165) is 19.3 Å². The average Bonchev–Trinajstić information content (AvgIpc) is 3.12. The molecular formula is C18H20N4O5S. The number of amides is 2. The van der Waals surface area contributed by atoms with E-state index in [1.165, 1.54) is 29.8 Å². The van der Waals surface area contributed by atoms with E-state index in [2.05, 4.69) is 26.7 Å². The van der Waals surface area contributed by atoms with E-state index in [1.54, 1.807) is 11.4 Å². The van der Waals surface area contributed by atoms with Crippen molar-refractivity contribution in [3.05, 3.63) is 39.1 Å². The minimum absolute atomic E-state index is 0.0436. The van der Waals surface area contributed by atoms with Crippen LogP contribution in [-0.4, -0.2) is 38.7 Å². The highest BCUT2D eigenvalue weighted by atomic mass is 32.1. The van der Waals surface area contributed by atoms with Gasteiger partial charge in [0, 0.05) is 6.54 Å². The number of carboxylic acid groups (broad SMARTS) is 1. The van der Waals surface area contributed by atoms with Gasteiger partial charge in [0.25, 0.3) is 5.56 Å². The lowest BCUT2D eigenvalue weighted by atomic mass is 9.97. The molecule has 0 fully saturated rings. The molecule has 0 aromatic carbocycles. The minimum atomic E-state index is -1.52. The zero-order valence-electron chi connectivity index (χ0n) is 14.9. The Bertz CT molecular complexity index is 979. The fraction of sp³-hybridized carbons (Fsp3) is 0.333. The normalized spacial score (nSPS) is 13.6. The minimum Gasteiger partial charge on any atom is -0.501 e. The second kappa shape index (κ2) is 8.70. The molecule has 0 bridgehead atoms. The molecule has 9 nitrogen and oxygen atoms in total. The third kappa shape index (κ3) is 4.58. The van der Waals surface area contributed by atoms with E-state index in [4.69, 9.17) is 5.11 Å². The van der Waals surface area contributed by atoms with E-state index in [0.29, 0.717) is 17.1 Å². The first kappa shape index (κ1) is 19.6. The van der Waals surface area contributed by atoms with Gasteiger partial charge in [-0.3, -0.25) is 4.79 Å². The fourth-order valence-electron chi connectivity index (χ4n) is 2.95. The van der Waals surface area contributed by atoms with Crippen LogP contribution in [-0.2, 0) is 0 Å². The Balaban J connectivity index is 1.68. The molecule has 2 aromatic rings. The van der Waals surface area contributed by atoms with Crippen LogP contribution in [0.15, 0.2) is 27.9 Å². The van der Waals surface area contributed by atoms with Gasteiger partial charge >= 0.3 is 12.0 Å². The van der Waals surface area contributed by atoms with Gasteiger partial charge in [0.2, 0.25) is 5.75 Å². The first-order valence-electron chi connectivity index (χ1n) is 8.83. The number of rotatable bonds is 6. The quantitative estimate of drug-likeness (QED) is 0.468. The van der Waals surface area contributed by atoms with Gasteiger partial charge in [-0.1, -0.05) is 11.6 Å². The lowest BCUT2D eigenvalue weighted by molar-refractivity contribution is 0.0686. The molecule has 0 spiro atoms. The number of urea groups is 1. The molecule has 0 aliphatic heterocycles. The highest BCUT2D eigenvalue weighted by Gasteiger charge is 2.20. The summed E-state index contributed by atoms with van der Waals surface area (Å²) < 4.78 is 0. The summed E-state index contributed by atoms with van der Waals surface area (Å²) in [7, 11) is 0. The number of carbonyl (C=O) groups is 2. The first-order chi connectivity index (χ1) is 13.5. The lowest BCUT2D eigenvalue weighted by Gasteiger charge is -2.13. The Hall–Kier alpha value is -3.14. The molecule has 28 heavy (non-hydrogen) atoms. The summed E-state index contributed by atoms with van der Waals surface area (Å²) in [6, 6.07) is 1.21. The maximum atomic E-state index is 12.2. The number of carboxylic acids is 1. The summed E-state index contributed by atoms with van der Waals surface area (Å²) >= 11 is 1.17. The summed E-state index contributed by atoms with van der Waals surface area (Å²) in [6.45, 7) is 0.509. The van der Waals surface area contributed by atoms with Crippen molar-refractivity contribution in [2.24, 2.45) is 0 Å². The van der Waals surface area contributed by atoms with Crippen molar-refractivity contribution in [3.8, 4) is 16.5 Å². The molecule has 5 N–H and O–H groups in total. The van der Waals surface area contributed by atoms with Gasteiger partial charge in [-0.25, -0.2) is 14.6 Å². The first-order valence-corrected chi connectivity index (χ1v) is 9.71. The Morgan fingerprint density at radius 2 is 2.14 bits per heavy atom. The molecule has 2 heterocycles. The number of allylic oxidation sites excluding steroid dienone is 1. The van der Waals surface area contributed by atoms with Crippen LogP contribution >= 0.6 is 11.3 Å². The number of nitrogens with zero attached hydrogens (tertiary/aromatic N) is 1. The van der Waals surface area contributed by atoms with Gasteiger partial charge in [0.05, 0.1) is 10.6 Å². The molecule has 1 aliphatic carbocycles. The zero-order chi connectivity index (χ0) is 20.1. The maximum absolute atomic E-state index is 12.2. The molecule has 0 atom stereocenters. The molecule has 10 heteroatoms. The molecule has 1 aliphatic rings. The van der Waals surface area contributed by atoms with Crippen LogP contribution in [0.1, 0.15) is 42.6 Å². The van der Waals surface area contributed by atoms with Crippen LogP contribution in [0, 0.1) is 0 Å². The van der Waals surface area contributed by atoms with Crippen LogP contribution in [0.2, 0.25) is 0 Å². The summed E-state index contributed by atoms with van der Waals surface area (Å²) in [4.78, 5) is 41.6. The van der Waals surface area contributed by atoms with Crippen LogP contribution < -0.4 is 16.2 Å². The van der Waals surface area contributed by atoms with Gasteiger partial charge in [-0.05, 0) is 43.6 Å². The molecule has 0 saturated carbocycles. The summed E-state index contributed by atoms with van der Waals surface area (Å²) in [5.74, 6) is -2.53. The van der Waals surface area contributed by atoms with Crippen LogP contribution in [0.5, 0.6) is 5.75 Å². The molecule has 2 amide bonds. The van der Waals surface area contributed by atoms with Gasteiger partial charge in [0.15, 0.2) is 11.5 Å². The number of H-pyrrole nitrogens is 1. The van der Waals surface area contributed by atoms with Crippen LogP contribution in [0.25, 0.3) is 10.7 Å². The number of aromatic nitrogens is 2. The number of anilines is 1. The maximum Gasteiger partial charge on any atom is 0.358 e. The molecule has 0 unspecified atom stereocenters. The number of nitrogens with one attached hydrogen (secondary N) is 3. The number of aromatic amines is 1. The third-order valence-corrected chi connectivity index (χ3v) is 5.26. The molecule has 3 rings (SSSR count). The van der Waals surface area contributed by atoms with E-state index in [9.17, 15) is 19.5 Å². The highest BCUT2D eigenvalue weighted by molar-refractivity contribution is 7.14. The smallest absolute Gasteiger partial charge is 0.358 e. The molecule has 0 radical (unpaired) electrons. The molecule has 148 valence electrons. The largest absolute Gasteiger partial charge is 0.501 e. The Kier molecular flexibility index (Phi) is 6.09. The van der Waals surface area contributed by atoms with E-state index >= 15 is 0 Å². The van der Waals surface area contributed by atoms with Crippen molar-refractivity contribution in [1.82, 2.24) is 15.3 Å². The topological polar surface area (TPSA) is 144 Å². The summed E-state index contributed by atoms with van der Waals surface area (Å²) in [6.07, 6.45) is 7.60. The number of aromatic hydroxyl groups is 1. The second-order valence-corrected chi connectivity index (χ2v) is 7.24. The fourth-order valence-corrected chi connectivity index (χ4v) is 3.74. The van der Waals surface area contributed by atoms with Crippen molar-refractivity contribution in [3.63, 3.8) is 0 Å². The average molecular weight is 404 g/mol. The van der Waals surface area contributed by atoms with Crippen molar-refractivity contribution in [1.29, 1.82) is 0 Å². The van der Waals surface area contributed by atoms with Gasteiger partial charge < -0.3 is 25.8 Å². The predicted molar refractivity (Wildman–Crippen MR) is 105 cm³/mol.